The lowest BCUT2D eigenvalue weighted by Crippen LogP contribution is -2.27. The van der Waals surface area contributed by atoms with Gasteiger partial charge in [-0.25, -0.2) is 4.79 Å². The molecule has 3 aromatic rings. The Bertz CT molecular complexity index is 1150. The van der Waals surface area contributed by atoms with E-state index >= 15 is 0 Å². The molecule has 154 valence electrons. The Kier molecular flexibility index (Phi) is 6.30. The lowest BCUT2D eigenvalue weighted by Gasteiger charge is -2.14. The summed E-state index contributed by atoms with van der Waals surface area (Å²) in [5.41, 5.74) is 3.43. The van der Waals surface area contributed by atoms with Crippen molar-refractivity contribution in [2.45, 2.75) is 13.5 Å². The molecule has 4 rings (SSSR count). The van der Waals surface area contributed by atoms with E-state index in [1.165, 1.54) is 11.8 Å². The molecule has 1 aliphatic heterocycles. The number of thioether (sulfide) groups is 1. The first-order valence-electron chi connectivity index (χ1n) is 9.68. The zero-order valence-electron chi connectivity index (χ0n) is 16.8. The molecule has 1 amide bonds. The number of carbonyl (C=O) groups excluding carboxylic acids is 2. The average Bonchev–Trinajstić information content (AvgIpc) is 3.03. The molecule has 0 saturated carbocycles. The standard InChI is InChI=1S/C25H19NO3S2/c1-17-7-11-20(12-8-17)24(28)29-21-13-9-18(10-14-21)15-22-23(27)26(25(30)31-22)16-19-5-3-2-4-6-19/h2-15H,16H2,1H3/b22-15-. The van der Waals surface area contributed by atoms with E-state index in [9.17, 15) is 9.59 Å². The van der Waals surface area contributed by atoms with E-state index in [0.29, 0.717) is 27.1 Å². The molecular formula is C25H19NO3S2. The first kappa shape index (κ1) is 21.0. The molecule has 1 heterocycles. The summed E-state index contributed by atoms with van der Waals surface area (Å²) in [4.78, 5) is 27.2. The van der Waals surface area contributed by atoms with Gasteiger partial charge in [0.2, 0.25) is 0 Å². The lowest BCUT2D eigenvalue weighted by molar-refractivity contribution is -0.122. The number of rotatable bonds is 5. The first-order valence-corrected chi connectivity index (χ1v) is 10.9. The summed E-state index contributed by atoms with van der Waals surface area (Å²) in [6, 6.07) is 24.0. The summed E-state index contributed by atoms with van der Waals surface area (Å²) in [7, 11) is 0. The van der Waals surface area contributed by atoms with Crippen molar-refractivity contribution in [3.05, 3.63) is 106 Å². The Morgan fingerprint density at radius 1 is 1.00 bits per heavy atom. The van der Waals surface area contributed by atoms with Gasteiger partial charge in [-0.05, 0) is 48.4 Å². The molecule has 31 heavy (non-hydrogen) atoms. The fraction of sp³-hybridized carbons (Fsp3) is 0.0800. The maximum absolute atomic E-state index is 12.8. The fourth-order valence-corrected chi connectivity index (χ4v) is 4.30. The number of benzene rings is 3. The number of aryl methyl sites for hydroxylation is 1. The minimum absolute atomic E-state index is 0.103. The van der Waals surface area contributed by atoms with Gasteiger partial charge in [-0.2, -0.15) is 0 Å². The van der Waals surface area contributed by atoms with Crippen LogP contribution in [0.15, 0.2) is 83.8 Å². The molecule has 6 heteroatoms. The van der Waals surface area contributed by atoms with Gasteiger partial charge in [-0.15, -0.1) is 0 Å². The Balaban J connectivity index is 1.43. The molecule has 1 fully saturated rings. The summed E-state index contributed by atoms with van der Waals surface area (Å²) < 4.78 is 5.97. The van der Waals surface area contributed by atoms with E-state index in [0.717, 1.165) is 16.7 Å². The number of ether oxygens (including phenoxy) is 1. The predicted octanol–water partition coefficient (Wildman–Crippen LogP) is 5.62. The molecule has 4 nitrogen and oxygen atoms in total. The SMILES string of the molecule is Cc1ccc(C(=O)Oc2ccc(/C=C3\SC(=S)N(Cc4ccccc4)C3=O)cc2)cc1. The molecule has 0 unspecified atom stereocenters. The van der Waals surface area contributed by atoms with Crippen LogP contribution in [0.2, 0.25) is 0 Å². The zero-order chi connectivity index (χ0) is 21.8. The van der Waals surface area contributed by atoms with Gasteiger partial charge >= 0.3 is 5.97 Å². The number of carbonyl (C=O) groups is 2. The van der Waals surface area contributed by atoms with Crippen LogP contribution in [0.3, 0.4) is 0 Å². The number of amides is 1. The van der Waals surface area contributed by atoms with E-state index in [1.54, 1.807) is 35.2 Å². The van der Waals surface area contributed by atoms with Crippen LogP contribution in [0.1, 0.15) is 27.0 Å². The minimum atomic E-state index is -0.408. The van der Waals surface area contributed by atoms with E-state index < -0.39 is 5.97 Å². The van der Waals surface area contributed by atoms with Crippen molar-refractivity contribution < 1.29 is 14.3 Å². The molecular weight excluding hydrogens is 426 g/mol. The Morgan fingerprint density at radius 3 is 2.35 bits per heavy atom. The summed E-state index contributed by atoms with van der Waals surface area (Å²) >= 11 is 6.70. The van der Waals surface area contributed by atoms with Crippen LogP contribution in [-0.2, 0) is 11.3 Å². The second-order valence-corrected chi connectivity index (χ2v) is 8.75. The summed E-state index contributed by atoms with van der Waals surface area (Å²) in [6.07, 6.45) is 1.80. The van der Waals surface area contributed by atoms with Crippen LogP contribution in [0.25, 0.3) is 6.08 Å². The van der Waals surface area contributed by atoms with Crippen molar-refractivity contribution in [2.75, 3.05) is 0 Å². The van der Waals surface area contributed by atoms with Gasteiger partial charge in [0.25, 0.3) is 5.91 Å². The smallest absolute Gasteiger partial charge is 0.343 e. The Morgan fingerprint density at radius 2 is 1.68 bits per heavy atom. The van der Waals surface area contributed by atoms with Crippen LogP contribution in [-0.4, -0.2) is 21.1 Å². The number of hydrogen-bond donors (Lipinski definition) is 0. The average molecular weight is 446 g/mol. The number of thiocarbonyl (C=S) groups is 1. The van der Waals surface area contributed by atoms with Gasteiger partial charge in [0.05, 0.1) is 17.0 Å². The molecule has 0 aliphatic carbocycles. The van der Waals surface area contributed by atoms with Crippen molar-refractivity contribution in [1.82, 2.24) is 4.90 Å². The summed E-state index contributed by atoms with van der Waals surface area (Å²) in [5.74, 6) is -0.0670. The van der Waals surface area contributed by atoms with Crippen molar-refractivity contribution in [3.8, 4) is 5.75 Å². The highest BCUT2D eigenvalue weighted by molar-refractivity contribution is 8.26. The molecule has 0 N–H and O–H groups in total. The molecule has 0 bridgehead atoms. The van der Waals surface area contributed by atoms with Gasteiger partial charge in [-0.3, -0.25) is 9.69 Å². The zero-order valence-corrected chi connectivity index (χ0v) is 18.4. The third-order valence-electron chi connectivity index (χ3n) is 4.73. The van der Waals surface area contributed by atoms with Crippen molar-refractivity contribution in [2.24, 2.45) is 0 Å². The van der Waals surface area contributed by atoms with Crippen LogP contribution >= 0.6 is 24.0 Å². The molecule has 0 radical (unpaired) electrons. The summed E-state index contributed by atoms with van der Waals surface area (Å²) in [6.45, 7) is 2.42. The third-order valence-corrected chi connectivity index (χ3v) is 6.11. The molecule has 0 atom stereocenters. The highest BCUT2D eigenvalue weighted by Gasteiger charge is 2.31. The van der Waals surface area contributed by atoms with Crippen molar-refractivity contribution in [1.29, 1.82) is 0 Å². The molecule has 1 saturated heterocycles. The third kappa shape index (κ3) is 5.10. The van der Waals surface area contributed by atoms with Crippen LogP contribution in [0.4, 0.5) is 0 Å². The molecule has 3 aromatic carbocycles. The molecule has 0 aromatic heterocycles. The normalized spacial score (nSPS) is 14.9. The highest BCUT2D eigenvalue weighted by atomic mass is 32.2. The second kappa shape index (κ2) is 9.29. The highest BCUT2D eigenvalue weighted by Crippen LogP contribution is 2.33. The lowest BCUT2D eigenvalue weighted by atomic mass is 10.1. The van der Waals surface area contributed by atoms with E-state index in [4.69, 9.17) is 17.0 Å². The summed E-state index contributed by atoms with van der Waals surface area (Å²) in [5, 5.41) is 0. The van der Waals surface area contributed by atoms with Crippen molar-refractivity contribution in [3.63, 3.8) is 0 Å². The van der Waals surface area contributed by atoms with Gasteiger partial charge in [-0.1, -0.05) is 84.1 Å². The topological polar surface area (TPSA) is 46.6 Å². The van der Waals surface area contributed by atoms with Gasteiger partial charge < -0.3 is 4.74 Å². The number of nitrogens with zero attached hydrogens (tertiary/aromatic N) is 1. The fourth-order valence-electron chi connectivity index (χ4n) is 3.04. The van der Waals surface area contributed by atoms with Crippen LogP contribution in [0.5, 0.6) is 5.75 Å². The molecule has 0 spiro atoms. The van der Waals surface area contributed by atoms with Crippen LogP contribution in [0, 0.1) is 6.92 Å². The number of esters is 1. The minimum Gasteiger partial charge on any atom is -0.423 e. The first-order chi connectivity index (χ1) is 15.0. The van der Waals surface area contributed by atoms with Crippen LogP contribution < -0.4 is 4.74 Å². The quantitative estimate of drug-likeness (QED) is 0.221. The largest absolute Gasteiger partial charge is 0.423 e. The van der Waals surface area contributed by atoms with E-state index in [1.807, 2.05) is 61.5 Å². The maximum Gasteiger partial charge on any atom is 0.343 e. The molecule has 1 aliphatic rings. The van der Waals surface area contributed by atoms with Crippen molar-refractivity contribution >= 4 is 46.3 Å². The van der Waals surface area contributed by atoms with E-state index in [-0.39, 0.29) is 5.91 Å². The monoisotopic (exact) mass is 445 g/mol. The Hall–Kier alpha value is -3.22. The van der Waals surface area contributed by atoms with E-state index in [2.05, 4.69) is 0 Å². The Labute approximate surface area is 190 Å². The maximum atomic E-state index is 12.8. The predicted molar refractivity (Wildman–Crippen MR) is 128 cm³/mol. The second-order valence-electron chi connectivity index (χ2n) is 7.08. The van der Waals surface area contributed by atoms with Gasteiger partial charge in [0.15, 0.2) is 0 Å². The van der Waals surface area contributed by atoms with Gasteiger partial charge in [0.1, 0.15) is 10.1 Å². The number of hydrogen-bond acceptors (Lipinski definition) is 5. The van der Waals surface area contributed by atoms with Gasteiger partial charge in [0, 0.05) is 0 Å².